The van der Waals surface area contributed by atoms with Crippen LogP contribution in [0.25, 0.3) is 0 Å². The quantitative estimate of drug-likeness (QED) is 0.631. The van der Waals surface area contributed by atoms with E-state index in [9.17, 15) is 0 Å². The maximum atomic E-state index is 3.46. The lowest BCUT2D eigenvalue weighted by molar-refractivity contribution is 0.843. The van der Waals surface area contributed by atoms with E-state index in [1.807, 2.05) is 11.8 Å². The Morgan fingerprint density at radius 2 is 2.07 bits per heavy atom. The number of thioether (sulfide) groups is 1. The summed E-state index contributed by atoms with van der Waals surface area (Å²) in [5, 5.41) is 3.46. The summed E-state index contributed by atoms with van der Waals surface area (Å²) in [6, 6.07) is 8.41. The second-order valence-electron chi connectivity index (χ2n) is 3.11. The number of unbranched alkanes of at least 4 members (excludes halogenated alkanes) is 1. The highest BCUT2D eigenvalue weighted by atomic mass is 127. The Kier molecular flexibility index (Phi) is 6.43. The van der Waals surface area contributed by atoms with Crippen LogP contribution >= 0.6 is 34.4 Å². The van der Waals surface area contributed by atoms with Gasteiger partial charge in [0, 0.05) is 15.8 Å². The highest BCUT2D eigenvalue weighted by molar-refractivity contribution is 14.1. The van der Waals surface area contributed by atoms with Gasteiger partial charge in [0.25, 0.3) is 0 Å². The smallest absolute Gasteiger partial charge is 0.0475 e. The monoisotopic (exact) mass is 321 g/mol. The van der Waals surface area contributed by atoms with Gasteiger partial charge in [0.1, 0.15) is 0 Å². The summed E-state index contributed by atoms with van der Waals surface area (Å²) in [7, 11) is 0. The molecule has 1 aromatic rings. The Morgan fingerprint density at radius 3 is 2.79 bits per heavy atom. The fourth-order valence-electron chi connectivity index (χ4n) is 1.20. The lowest BCUT2D eigenvalue weighted by Gasteiger charge is -2.07. The molecule has 0 aromatic heterocycles. The predicted octanol–water partition coefficient (Wildman–Crippen LogP) is 3.85. The fourth-order valence-corrected chi connectivity index (χ4v) is 2.27. The van der Waals surface area contributed by atoms with Crippen LogP contribution in [0.4, 0.5) is 5.69 Å². The maximum Gasteiger partial charge on any atom is 0.0475 e. The fraction of sp³-hybridized carbons (Fsp3) is 0.455. The third-order valence-electron chi connectivity index (χ3n) is 1.96. The number of hydrogen-bond donors (Lipinski definition) is 1. The van der Waals surface area contributed by atoms with Gasteiger partial charge in [-0.2, -0.15) is 11.8 Å². The first-order valence-electron chi connectivity index (χ1n) is 4.82. The topological polar surface area (TPSA) is 12.0 Å². The van der Waals surface area contributed by atoms with E-state index in [1.165, 1.54) is 27.9 Å². The minimum Gasteiger partial charge on any atom is -0.384 e. The molecule has 0 amide bonds. The lowest BCUT2D eigenvalue weighted by atomic mass is 10.3. The minimum atomic E-state index is 1.08. The van der Waals surface area contributed by atoms with Crippen LogP contribution in [0.15, 0.2) is 24.3 Å². The van der Waals surface area contributed by atoms with Crippen LogP contribution in [-0.4, -0.2) is 18.6 Å². The number of hydrogen-bond acceptors (Lipinski definition) is 2. The predicted molar refractivity (Wildman–Crippen MR) is 75.3 cm³/mol. The van der Waals surface area contributed by atoms with Crippen molar-refractivity contribution in [3.05, 3.63) is 27.8 Å². The number of rotatable bonds is 6. The zero-order chi connectivity index (χ0) is 10.2. The molecule has 0 spiro atoms. The molecule has 0 atom stereocenters. The van der Waals surface area contributed by atoms with Crippen molar-refractivity contribution in [2.45, 2.75) is 12.8 Å². The van der Waals surface area contributed by atoms with E-state index in [0.717, 1.165) is 6.54 Å². The molecule has 0 saturated carbocycles. The number of para-hydroxylation sites is 1. The van der Waals surface area contributed by atoms with Crippen LogP contribution in [0, 0.1) is 3.57 Å². The summed E-state index contributed by atoms with van der Waals surface area (Å²) >= 11 is 4.28. The molecule has 3 heteroatoms. The molecule has 14 heavy (non-hydrogen) atoms. The average Bonchev–Trinajstić information content (AvgIpc) is 2.20. The van der Waals surface area contributed by atoms with Gasteiger partial charge in [-0.3, -0.25) is 0 Å². The van der Waals surface area contributed by atoms with Crippen LogP contribution in [0.5, 0.6) is 0 Å². The van der Waals surface area contributed by atoms with E-state index in [1.54, 1.807) is 0 Å². The largest absolute Gasteiger partial charge is 0.384 e. The van der Waals surface area contributed by atoms with Gasteiger partial charge in [0.05, 0.1) is 0 Å². The van der Waals surface area contributed by atoms with Gasteiger partial charge in [0.2, 0.25) is 0 Å². The van der Waals surface area contributed by atoms with Crippen molar-refractivity contribution in [1.82, 2.24) is 0 Å². The van der Waals surface area contributed by atoms with Gasteiger partial charge in [-0.15, -0.1) is 0 Å². The molecular weight excluding hydrogens is 305 g/mol. The van der Waals surface area contributed by atoms with Crippen LogP contribution in [0.1, 0.15) is 12.8 Å². The maximum absolute atomic E-state index is 3.46. The summed E-state index contributed by atoms with van der Waals surface area (Å²) < 4.78 is 1.30. The van der Waals surface area contributed by atoms with Gasteiger partial charge >= 0.3 is 0 Å². The van der Waals surface area contributed by atoms with E-state index >= 15 is 0 Å². The SMILES string of the molecule is CSCCCCNc1ccccc1I. The van der Waals surface area contributed by atoms with Crippen molar-refractivity contribution in [2.24, 2.45) is 0 Å². The first-order valence-corrected chi connectivity index (χ1v) is 7.29. The Balaban J connectivity index is 2.21. The molecule has 1 rings (SSSR count). The van der Waals surface area contributed by atoms with Crippen LogP contribution < -0.4 is 5.32 Å². The summed E-state index contributed by atoms with van der Waals surface area (Å²) in [5.41, 5.74) is 1.26. The molecular formula is C11H16INS. The van der Waals surface area contributed by atoms with Crippen molar-refractivity contribution in [1.29, 1.82) is 0 Å². The van der Waals surface area contributed by atoms with Gasteiger partial charge in [-0.05, 0) is 59.6 Å². The Morgan fingerprint density at radius 1 is 1.29 bits per heavy atom. The molecule has 1 nitrogen and oxygen atoms in total. The molecule has 0 radical (unpaired) electrons. The van der Waals surface area contributed by atoms with Crippen molar-refractivity contribution >= 4 is 40.0 Å². The van der Waals surface area contributed by atoms with E-state index in [4.69, 9.17) is 0 Å². The highest BCUT2D eigenvalue weighted by Crippen LogP contribution is 2.16. The second-order valence-corrected chi connectivity index (χ2v) is 5.25. The molecule has 0 saturated heterocycles. The Labute approximate surface area is 104 Å². The second kappa shape index (κ2) is 7.40. The molecule has 0 aliphatic heterocycles. The molecule has 0 heterocycles. The molecule has 0 bridgehead atoms. The molecule has 0 aliphatic rings. The average molecular weight is 321 g/mol. The Hall–Kier alpha value is 0.100. The number of nitrogens with one attached hydrogen (secondary N) is 1. The molecule has 1 N–H and O–H groups in total. The van der Waals surface area contributed by atoms with E-state index in [2.05, 4.69) is 58.4 Å². The Bertz CT molecular complexity index is 265. The molecule has 1 aromatic carbocycles. The minimum absolute atomic E-state index is 1.08. The zero-order valence-corrected chi connectivity index (χ0v) is 11.4. The summed E-state index contributed by atoms with van der Waals surface area (Å²) in [4.78, 5) is 0. The third-order valence-corrected chi connectivity index (χ3v) is 3.60. The van der Waals surface area contributed by atoms with Gasteiger partial charge in [0.15, 0.2) is 0 Å². The van der Waals surface area contributed by atoms with Crippen LogP contribution in [-0.2, 0) is 0 Å². The van der Waals surface area contributed by atoms with Crippen molar-refractivity contribution in [3.8, 4) is 0 Å². The number of benzene rings is 1. The van der Waals surface area contributed by atoms with Gasteiger partial charge < -0.3 is 5.32 Å². The summed E-state index contributed by atoms with van der Waals surface area (Å²) in [6.07, 6.45) is 4.72. The van der Waals surface area contributed by atoms with Crippen molar-refractivity contribution in [3.63, 3.8) is 0 Å². The molecule has 0 fully saturated rings. The first kappa shape index (κ1) is 12.2. The standard InChI is InChI=1S/C11H16INS/c1-14-9-5-4-8-13-11-7-3-2-6-10(11)12/h2-3,6-7,13H,4-5,8-9H2,1H3. The van der Waals surface area contributed by atoms with Gasteiger partial charge in [-0.25, -0.2) is 0 Å². The van der Waals surface area contributed by atoms with E-state index in [-0.39, 0.29) is 0 Å². The normalized spacial score (nSPS) is 10.1. The van der Waals surface area contributed by atoms with Crippen LogP contribution in [0.2, 0.25) is 0 Å². The summed E-state index contributed by atoms with van der Waals surface area (Å²) in [6.45, 7) is 1.08. The lowest BCUT2D eigenvalue weighted by Crippen LogP contribution is -2.03. The van der Waals surface area contributed by atoms with Crippen molar-refractivity contribution < 1.29 is 0 Å². The molecule has 78 valence electrons. The number of anilines is 1. The first-order chi connectivity index (χ1) is 6.84. The van der Waals surface area contributed by atoms with Gasteiger partial charge in [-0.1, -0.05) is 12.1 Å². The molecule has 0 aliphatic carbocycles. The summed E-state index contributed by atoms with van der Waals surface area (Å²) in [5.74, 6) is 1.27. The number of halogens is 1. The van der Waals surface area contributed by atoms with E-state index < -0.39 is 0 Å². The van der Waals surface area contributed by atoms with Crippen molar-refractivity contribution in [2.75, 3.05) is 23.9 Å². The zero-order valence-electron chi connectivity index (χ0n) is 8.42. The molecule has 0 unspecified atom stereocenters. The highest BCUT2D eigenvalue weighted by Gasteiger charge is 1.95. The third kappa shape index (κ3) is 4.55. The van der Waals surface area contributed by atoms with E-state index in [0.29, 0.717) is 0 Å². The van der Waals surface area contributed by atoms with Crippen LogP contribution in [0.3, 0.4) is 0 Å².